The Labute approximate surface area is 112 Å². The second-order valence-corrected chi connectivity index (χ2v) is 5.40. The first kappa shape index (κ1) is 14.0. The zero-order chi connectivity index (χ0) is 14.0. The van der Waals surface area contributed by atoms with Gasteiger partial charge in [0, 0.05) is 24.7 Å². The Kier molecular flexibility index (Phi) is 4.17. The minimum atomic E-state index is -0.714. The lowest BCUT2D eigenvalue weighted by atomic mass is 9.85. The van der Waals surface area contributed by atoms with Crippen LogP contribution in [0, 0.1) is 17.6 Å². The van der Waals surface area contributed by atoms with Gasteiger partial charge in [0.2, 0.25) is 0 Å². The molecule has 0 aliphatic heterocycles. The van der Waals surface area contributed by atoms with E-state index in [4.69, 9.17) is 0 Å². The van der Waals surface area contributed by atoms with Gasteiger partial charge in [0.15, 0.2) is 0 Å². The highest BCUT2D eigenvalue weighted by Crippen LogP contribution is 2.28. The first-order valence-electron chi connectivity index (χ1n) is 6.72. The Morgan fingerprint density at radius 2 is 1.74 bits per heavy atom. The summed E-state index contributed by atoms with van der Waals surface area (Å²) in [7, 11) is 1.72. The third kappa shape index (κ3) is 3.11. The van der Waals surface area contributed by atoms with E-state index < -0.39 is 11.6 Å². The quantitative estimate of drug-likeness (QED) is 0.801. The molecule has 0 bridgehead atoms. The molecule has 1 aromatic rings. The van der Waals surface area contributed by atoms with E-state index in [0.29, 0.717) is 5.92 Å². The summed E-state index contributed by atoms with van der Waals surface area (Å²) in [6.45, 7) is 2.12. The molecule has 1 aromatic carbocycles. The topological polar surface area (TPSA) is 20.3 Å². The number of hydrogen-bond donors (Lipinski definition) is 0. The van der Waals surface area contributed by atoms with Crippen LogP contribution in [0.1, 0.15) is 43.0 Å². The van der Waals surface area contributed by atoms with Crippen molar-refractivity contribution in [1.82, 2.24) is 4.90 Å². The van der Waals surface area contributed by atoms with Gasteiger partial charge in [-0.1, -0.05) is 19.8 Å². The number of benzene rings is 1. The summed E-state index contributed by atoms with van der Waals surface area (Å²) in [5.74, 6) is -1.31. The minimum Gasteiger partial charge on any atom is -0.338 e. The predicted molar refractivity (Wildman–Crippen MR) is 69.9 cm³/mol. The third-order valence-electron chi connectivity index (χ3n) is 3.99. The summed E-state index contributed by atoms with van der Waals surface area (Å²) in [5.41, 5.74) is 0.0813. The van der Waals surface area contributed by atoms with Crippen LogP contribution in [0.4, 0.5) is 8.78 Å². The lowest BCUT2D eigenvalue weighted by Gasteiger charge is -2.36. The van der Waals surface area contributed by atoms with Crippen LogP contribution in [0.3, 0.4) is 0 Å². The summed E-state index contributed by atoms with van der Waals surface area (Å²) in [6.07, 6.45) is 4.35. The Morgan fingerprint density at radius 1 is 1.16 bits per heavy atom. The zero-order valence-corrected chi connectivity index (χ0v) is 11.3. The summed E-state index contributed by atoms with van der Waals surface area (Å²) in [5, 5.41) is 0. The Balaban J connectivity index is 2.18. The van der Waals surface area contributed by atoms with Crippen molar-refractivity contribution in [3.8, 4) is 0 Å². The smallest absolute Gasteiger partial charge is 0.254 e. The Morgan fingerprint density at radius 3 is 2.32 bits per heavy atom. The molecular formula is C15H19F2NO. The highest BCUT2D eigenvalue weighted by molar-refractivity contribution is 5.94. The largest absolute Gasteiger partial charge is 0.338 e. The highest BCUT2D eigenvalue weighted by Gasteiger charge is 2.28. The van der Waals surface area contributed by atoms with Crippen LogP contribution < -0.4 is 0 Å². The Bertz CT molecular complexity index is 455. The van der Waals surface area contributed by atoms with Gasteiger partial charge in [-0.25, -0.2) is 8.78 Å². The van der Waals surface area contributed by atoms with Crippen molar-refractivity contribution in [2.24, 2.45) is 5.92 Å². The lowest BCUT2D eigenvalue weighted by Crippen LogP contribution is -2.42. The summed E-state index contributed by atoms with van der Waals surface area (Å²) < 4.78 is 26.3. The maximum absolute atomic E-state index is 13.2. The molecule has 2 unspecified atom stereocenters. The fraction of sp³-hybridized carbons (Fsp3) is 0.533. The number of hydrogen-bond acceptors (Lipinski definition) is 1. The summed E-state index contributed by atoms with van der Waals surface area (Å²) in [4.78, 5) is 13.9. The van der Waals surface area contributed by atoms with Gasteiger partial charge in [0.25, 0.3) is 5.91 Å². The van der Waals surface area contributed by atoms with Crippen LogP contribution in [0.5, 0.6) is 0 Å². The molecule has 1 amide bonds. The Hall–Kier alpha value is -1.45. The number of carbonyl (C=O) groups is 1. The highest BCUT2D eigenvalue weighted by atomic mass is 19.1. The number of carbonyl (C=O) groups excluding carboxylic acids is 1. The molecule has 0 heterocycles. The first-order chi connectivity index (χ1) is 8.99. The fourth-order valence-electron chi connectivity index (χ4n) is 2.90. The predicted octanol–water partition coefficient (Wildman–Crippen LogP) is 3.62. The van der Waals surface area contributed by atoms with Gasteiger partial charge in [-0.3, -0.25) is 4.79 Å². The molecule has 2 rings (SSSR count). The van der Waals surface area contributed by atoms with Crippen LogP contribution in [-0.2, 0) is 0 Å². The maximum atomic E-state index is 13.2. The second-order valence-electron chi connectivity index (χ2n) is 5.40. The van der Waals surface area contributed by atoms with Gasteiger partial charge in [0.05, 0.1) is 0 Å². The SMILES string of the molecule is CC1CCCCC1N(C)C(=O)c1cc(F)cc(F)c1. The molecule has 0 N–H and O–H groups in total. The van der Waals surface area contributed by atoms with E-state index in [1.54, 1.807) is 11.9 Å². The minimum absolute atomic E-state index is 0.0813. The molecule has 2 atom stereocenters. The van der Waals surface area contributed by atoms with Crippen molar-refractivity contribution in [1.29, 1.82) is 0 Å². The van der Waals surface area contributed by atoms with Crippen LogP contribution >= 0.6 is 0 Å². The van der Waals surface area contributed by atoms with Crippen molar-refractivity contribution in [2.45, 2.75) is 38.6 Å². The molecule has 1 saturated carbocycles. The van der Waals surface area contributed by atoms with Crippen molar-refractivity contribution in [3.63, 3.8) is 0 Å². The van der Waals surface area contributed by atoms with Crippen LogP contribution in [0.25, 0.3) is 0 Å². The molecule has 0 spiro atoms. The molecule has 0 saturated heterocycles. The first-order valence-corrected chi connectivity index (χ1v) is 6.72. The van der Waals surface area contributed by atoms with Crippen molar-refractivity contribution < 1.29 is 13.6 Å². The normalized spacial score (nSPS) is 23.2. The molecule has 104 valence electrons. The fourth-order valence-corrected chi connectivity index (χ4v) is 2.90. The summed E-state index contributed by atoms with van der Waals surface area (Å²) in [6, 6.07) is 3.12. The van der Waals surface area contributed by atoms with Gasteiger partial charge in [0.1, 0.15) is 11.6 Å². The molecule has 2 nitrogen and oxygen atoms in total. The van der Waals surface area contributed by atoms with Crippen molar-refractivity contribution in [3.05, 3.63) is 35.4 Å². The van der Waals surface area contributed by atoms with E-state index in [0.717, 1.165) is 37.5 Å². The molecule has 0 aromatic heterocycles. The van der Waals surface area contributed by atoms with Gasteiger partial charge >= 0.3 is 0 Å². The van der Waals surface area contributed by atoms with Gasteiger partial charge < -0.3 is 4.90 Å². The second kappa shape index (κ2) is 5.68. The van der Waals surface area contributed by atoms with Gasteiger partial charge in [-0.05, 0) is 30.9 Å². The average molecular weight is 267 g/mol. The van der Waals surface area contributed by atoms with Crippen LogP contribution in [-0.4, -0.2) is 23.9 Å². The average Bonchev–Trinajstić information content (AvgIpc) is 2.36. The summed E-state index contributed by atoms with van der Waals surface area (Å²) >= 11 is 0. The van der Waals surface area contributed by atoms with Gasteiger partial charge in [-0.2, -0.15) is 0 Å². The molecule has 1 aliphatic carbocycles. The lowest BCUT2D eigenvalue weighted by molar-refractivity contribution is 0.0628. The molecule has 4 heteroatoms. The van der Waals surface area contributed by atoms with Crippen molar-refractivity contribution >= 4 is 5.91 Å². The number of amides is 1. The third-order valence-corrected chi connectivity index (χ3v) is 3.99. The van der Waals surface area contributed by atoms with Crippen LogP contribution in [0.15, 0.2) is 18.2 Å². The molecule has 1 fully saturated rings. The van der Waals surface area contributed by atoms with E-state index >= 15 is 0 Å². The molecule has 19 heavy (non-hydrogen) atoms. The number of rotatable bonds is 2. The van der Waals surface area contributed by atoms with E-state index in [-0.39, 0.29) is 17.5 Å². The van der Waals surface area contributed by atoms with E-state index in [9.17, 15) is 13.6 Å². The van der Waals surface area contributed by atoms with E-state index in [2.05, 4.69) is 6.92 Å². The number of halogens is 2. The molecular weight excluding hydrogens is 248 g/mol. The van der Waals surface area contributed by atoms with E-state index in [1.165, 1.54) is 6.42 Å². The van der Waals surface area contributed by atoms with Crippen molar-refractivity contribution in [2.75, 3.05) is 7.05 Å². The monoisotopic (exact) mass is 267 g/mol. The van der Waals surface area contributed by atoms with Gasteiger partial charge in [-0.15, -0.1) is 0 Å². The zero-order valence-electron chi connectivity index (χ0n) is 11.3. The van der Waals surface area contributed by atoms with Crippen LogP contribution in [0.2, 0.25) is 0 Å². The van der Waals surface area contributed by atoms with E-state index in [1.807, 2.05) is 0 Å². The number of nitrogens with zero attached hydrogens (tertiary/aromatic N) is 1. The molecule has 0 radical (unpaired) electrons. The molecule has 1 aliphatic rings. The maximum Gasteiger partial charge on any atom is 0.254 e. The standard InChI is InChI=1S/C15H19F2NO/c1-10-5-3-4-6-14(10)18(2)15(19)11-7-12(16)9-13(17)8-11/h7-10,14H,3-6H2,1-2H3.